The summed E-state index contributed by atoms with van der Waals surface area (Å²) in [6, 6.07) is 2.70. The van der Waals surface area contributed by atoms with Gasteiger partial charge in [0.05, 0.1) is 12.1 Å². The minimum absolute atomic E-state index is 0.352. The highest BCUT2D eigenvalue weighted by Gasteiger charge is 2.31. The van der Waals surface area contributed by atoms with Crippen LogP contribution in [-0.2, 0) is 4.74 Å². The van der Waals surface area contributed by atoms with E-state index in [-0.39, 0.29) is 5.91 Å². The molecule has 1 aliphatic carbocycles. The van der Waals surface area contributed by atoms with Crippen molar-refractivity contribution >= 4 is 11.6 Å². The molecule has 2 heterocycles. The molecule has 0 saturated heterocycles. The second kappa shape index (κ2) is 5.68. The third-order valence-electron chi connectivity index (χ3n) is 3.51. The molecule has 1 fully saturated rings. The van der Waals surface area contributed by atoms with Crippen LogP contribution < -0.4 is 5.32 Å². The number of fused-ring (bicyclic) bond motifs is 1. The molecule has 1 amide bonds. The highest BCUT2D eigenvalue weighted by atomic mass is 19.3. The van der Waals surface area contributed by atoms with E-state index in [1.807, 2.05) is 0 Å². The fourth-order valence-electron chi connectivity index (χ4n) is 2.52. The summed E-state index contributed by atoms with van der Waals surface area (Å²) < 4.78 is 30.6. The van der Waals surface area contributed by atoms with Crippen LogP contribution in [0.15, 0.2) is 18.3 Å². The van der Waals surface area contributed by atoms with E-state index >= 15 is 0 Å². The van der Waals surface area contributed by atoms with Crippen LogP contribution in [0, 0.1) is 0 Å². The molecule has 1 saturated carbocycles. The standard InChI is InChI=1S/C12H13F2N5O2/c13-12(14)21-9-3-1-2-8(9)15-11(20)7-4-5-19-10(6-7)16-17-18-19/h4-6,8-9,12H,1-3H2,(H,15,20)/t8-,9-/m1/s1. The lowest BCUT2D eigenvalue weighted by molar-refractivity contribution is -0.165. The molecule has 2 atom stereocenters. The lowest BCUT2D eigenvalue weighted by Crippen LogP contribution is -2.41. The Bertz CT molecular complexity index is 647. The molecule has 2 aromatic rings. The van der Waals surface area contributed by atoms with Crippen LogP contribution in [0.2, 0.25) is 0 Å². The molecule has 2 aromatic heterocycles. The highest BCUT2D eigenvalue weighted by Crippen LogP contribution is 2.24. The second-order valence-corrected chi connectivity index (χ2v) is 4.84. The number of alkyl halides is 2. The average molecular weight is 297 g/mol. The molecule has 0 spiro atoms. The van der Waals surface area contributed by atoms with E-state index in [0.29, 0.717) is 24.1 Å². The molecule has 3 rings (SSSR count). The Morgan fingerprint density at radius 2 is 2.33 bits per heavy atom. The first-order valence-corrected chi connectivity index (χ1v) is 6.56. The van der Waals surface area contributed by atoms with Gasteiger partial charge in [0, 0.05) is 11.8 Å². The Balaban J connectivity index is 1.70. The number of amides is 1. The predicted octanol–water partition coefficient (Wildman–Crippen LogP) is 1.01. The summed E-state index contributed by atoms with van der Waals surface area (Å²) in [7, 11) is 0. The molecule has 0 aliphatic heterocycles. The number of rotatable bonds is 4. The fraction of sp³-hybridized carbons (Fsp3) is 0.500. The molecule has 9 heteroatoms. The molecule has 7 nitrogen and oxygen atoms in total. The van der Waals surface area contributed by atoms with E-state index in [9.17, 15) is 13.6 Å². The van der Waals surface area contributed by atoms with E-state index in [0.717, 1.165) is 6.42 Å². The summed E-state index contributed by atoms with van der Waals surface area (Å²) in [6.45, 7) is -2.83. The van der Waals surface area contributed by atoms with Crippen molar-refractivity contribution < 1.29 is 18.3 Å². The number of ether oxygens (including phenoxy) is 1. The Kier molecular flexibility index (Phi) is 3.74. The quantitative estimate of drug-likeness (QED) is 0.911. The molecular formula is C12H13F2N5O2. The van der Waals surface area contributed by atoms with Gasteiger partial charge >= 0.3 is 6.61 Å². The lowest BCUT2D eigenvalue weighted by atomic mass is 10.2. The molecule has 0 bridgehead atoms. The smallest absolute Gasteiger partial charge is 0.345 e. The van der Waals surface area contributed by atoms with Gasteiger partial charge in [-0.3, -0.25) is 4.79 Å². The third kappa shape index (κ3) is 2.97. The van der Waals surface area contributed by atoms with Gasteiger partial charge in [0.1, 0.15) is 0 Å². The van der Waals surface area contributed by atoms with E-state index < -0.39 is 18.8 Å². The number of carbonyl (C=O) groups excluding carboxylic acids is 1. The number of halogens is 2. The number of nitrogens with one attached hydrogen (secondary N) is 1. The van der Waals surface area contributed by atoms with Crippen molar-refractivity contribution in [2.45, 2.75) is 38.0 Å². The molecule has 112 valence electrons. The minimum Gasteiger partial charge on any atom is -0.347 e. The number of hydrogen-bond donors (Lipinski definition) is 1. The summed E-state index contributed by atoms with van der Waals surface area (Å²) in [5.41, 5.74) is 0.814. The van der Waals surface area contributed by atoms with Crippen molar-refractivity contribution in [2.24, 2.45) is 0 Å². The normalized spacial score (nSPS) is 22.0. The number of nitrogens with zero attached hydrogens (tertiary/aromatic N) is 4. The first-order chi connectivity index (χ1) is 10.1. The molecule has 0 aromatic carbocycles. The third-order valence-corrected chi connectivity index (χ3v) is 3.51. The van der Waals surface area contributed by atoms with Gasteiger partial charge in [0.15, 0.2) is 5.65 Å². The van der Waals surface area contributed by atoms with Crippen molar-refractivity contribution in [1.82, 2.24) is 25.4 Å². The second-order valence-electron chi connectivity index (χ2n) is 4.84. The van der Waals surface area contributed by atoms with E-state index in [1.54, 1.807) is 12.3 Å². The minimum atomic E-state index is -2.83. The van der Waals surface area contributed by atoms with Crippen LogP contribution in [-0.4, -0.2) is 44.7 Å². The van der Waals surface area contributed by atoms with Gasteiger partial charge in [-0.15, -0.1) is 5.10 Å². The average Bonchev–Trinajstić information content (AvgIpc) is 3.06. The van der Waals surface area contributed by atoms with Crippen molar-refractivity contribution in [3.8, 4) is 0 Å². The zero-order valence-electron chi connectivity index (χ0n) is 10.9. The van der Waals surface area contributed by atoms with E-state index in [2.05, 4.69) is 25.6 Å². The zero-order valence-corrected chi connectivity index (χ0v) is 10.9. The maximum absolute atomic E-state index is 12.3. The maximum atomic E-state index is 12.3. The van der Waals surface area contributed by atoms with E-state index in [1.165, 1.54) is 10.6 Å². The Morgan fingerprint density at radius 3 is 3.14 bits per heavy atom. The summed E-state index contributed by atoms with van der Waals surface area (Å²) in [5, 5.41) is 13.6. The van der Waals surface area contributed by atoms with Crippen molar-refractivity contribution in [2.75, 3.05) is 0 Å². The summed E-state index contributed by atoms with van der Waals surface area (Å²) >= 11 is 0. The SMILES string of the molecule is O=C(N[C@@H]1CCC[C@H]1OC(F)F)c1ccn2nnnc2c1. The number of hydrogen-bond acceptors (Lipinski definition) is 5. The lowest BCUT2D eigenvalue weighted by Gasteiger charge is -2.21. The topological polar surface area (TPSA) is 81.4 Å². The van der Waals surface area contributed by atoms with Gasteiger partial charge in [-0.25, -0.2) is 4.52 Å². The number of carbonyl (C=O) groups is 1. The summed E-state index contributed by atoms with van der Waals surface area (Å²) in [4.78, 5) is 12.2. The number of aromatic nitrogens is 4. The van der Waals surface area contributed by atoms with E-state index in [4.69, 9.17) is 0 Å². The van der Waals surface area contributed by atoms with Crippen LogP contribution in [0.3, 0.4) is 0 Å². The monoisotopic (exact) mass is 297 g/mol. The van der Waals surface area contributed by atoms with Crippen LogP contribution >= 0.6 is 0 Å². The molecule has 1 aliphatic rings. The first kappa shape index (κ1) is 13.8. The summed E-state index contributed by atoms with van der Waals surface area (Å²) in [5.74, 6) is -0.352. The molecule has 0 unspecified atom stereocenters. The van der Waals surface area contributed by atoms with Crippen LogP contribution in [0.25, 0.3) is 5.65 Å². The Hall–Kier alpha value is -2.16. The zero-order chi connectivity index (χ0) is 14.8. The fourth-order valence-corrected chi connectivity index (χ4v) is 2.52. The van der Waals surface area contributed by atoms with Gasteiger partial charge < -0.3 is 10.1 Å². The number of pyridine rings is 1. The van der Waals surface area contributed by atoms with Gasteiger partial charge in [0.2, 0.25) is 0 Å². The molecular weight excluding hydrogens is 284 g/mol. The Labute approximate surface area is 118 Å². The Morgan fingerprint density at radius 1 is 1.48 bits per heavy atom. The van der Waals surface area contributed by atoms with Crippen LogP contribution in [0.5, 0.6) is 0 Å². The van der Waals surface area contributed by atoms with Crippen LogP contribution in [0.1, 0.15) is 29.6 Å². The van der Waals surface area contributed by atoms with Crippen molar-refractivity contribution in [3.05, 3.63) is 23.9 Å². The van der Waals surface area contributed by atoms with Gasteiger partial charge in [-0.2, -0.15) is 8.78 Å². The van der Waals surface area contributed by atoms with Crippen molar-refractivity contribution in [1.29, 1.82) is 0 Å². The highest BCUT2D eigenvalue weighted by molar-refractivity contribution is 5.95. The first-order valence-electron chi connectivity index (χ1n) is 6.56. The van der Waals surface area contributed by atoms with Gasteiger partial charge in [-0.05, 0) is 41.8 Å². The summed E-state index contributed by atoms with van der Waals surface area (Å²) in [6.07, 6.45) is 2.80. The maximum Gasteiger partial charge on any atom is 0.345 e. The van der Waals surface area contributed by atoms with Crippen molar-refractivity contribution in [3.63, 3.8) is 0 Å². The van der Waals surface area contributed by atoms with Gasteiger partial charge in [-0.1, -0.05) is 0 Å². The van der Waals surface area contributed by atoms with Gasteiger partial charge in [0.25, 0.3) is 5.91 Å². The number of tetrazole rings is 1. The molecule has 21 heavy (non-hydrogen) atoms. The molecule has 0 radical (unpaired) electrons. The van der Waals surface area contributed by atoms with Crippen LogP contribution in [0.4, 0.5) is 8.78 Å². The predicted molar refractivity (Wildman–Crippen MR) is 66.8 cm³/mol. The largest absolute Gasteiger partial charge is 0.347 e. The molecule has 1 N–H and O–H groups in total.